The molecule has 0 N–H and O–H groups in total. The Morgan fingerprint density at radius 3 is 2.25 bits per heavy atom. The van der Waals surface area contributed by atoms with Gasteiger partial charge in [-0.2, -0.15) is 0 Å². The molecule has 0 fully saturated rings. The highest BCUT2D eigenvalue weighted by atomic mass is 19.1. The fourth-order valence-electron chi connectivity index (χ4n) is 1.99. The molecule has 0 aromatic heterocycles. The van der Waals surface area contributed by atoms with Crippen molar-refractivity contribution in [2.24, 2.45) is 0 Å². The van der Waals surface area contributed by atoms with Crippen molar-refractivity contribution in [1.29, 1.82) is 0 Å². The molecular weight excluding hydrogens is 258 g/mol. The first-order chi connectivity index (χ1) is 9.47. The Morgan fingerprint density at radius 1 is 1.05 bits per heavy atom. The van der Waals surface area contributed by atoms with Gasteiger partial charge in [-0.15, -0.1) is 0 Å². The molecule has 0 saturated carbocycles. The van der Waals surface area contributed by atoms with Gasteiger partial charge in [0.1, 0.15) is 11.6 Å². The minimum absolute atomic E-state index is 0.0624. The number of carbonyl (C=O) groups excluding carboxylic acids is 1. The summed E-state index contributed by atoms with van der Waals surface area (Å²) in [4.78, 5) is 12.1. The maximum Gasteiger partial charge on any atom is 0.167 e. The Balaban J connectivity index is 2.15. The van der Waals surface area contributed by atoms with Crippen LogP contribution in [0.5, 0.6) is 0 Å². The lowest BCUT2D eigenvalue weighted by Crippen LogP contribution is -2.05. The van der Waals surface area contributed by atoms with Crippen molar-refractivity contribution in [1.82, 2.24) is 0 Å². The SMILES string of the molecule is CC(C)c1ccc(C(=O)Cc2ccc(F)cc2F)cc1. The number of rotatable bonds is 4. The molecule has 104 valence electrons. The van der Waals surface area contributed by atoms with Crippen molar-refractivity contribution in [2.75, 3.05) is 0 Å². The zero-order valence-corrected chi connectivity index (χ0v) is 11.5. The van der Waals surface area contributed by atoms with E-state index in [-0.39, 0.29) is 17.8 Å². The molecule has 0 atom stereocenters. The number of ketones is 1. The Kier molecular flexibility index (Phi) is 4.28. The second-order valence-electron chi connectivity index (χ2n) is 5.11. The van der Waals surface area contributed by atoms with Gasteiger partial charge in [-0.1, -0.05) is 44.2 Å². The van der Waals surface area contributed by atoms with E-state index in [1.165, 1.54) is 6.07 Å². The molecule has 0 unspecified atom stereocenters. The van der Waals surface area contributed by atoms with Crippen molar-refractivity contribution in [3.05, 3.63) is 70.8 Å². The van der Waals surface area contributed by atoms with Crippen molar-refractivity contribution >= 4 is 5.78 Å². The van der Waals surface area contributed by atoms with Gasteiger partial charge >= 0.3 is 0 Å². The summed E-state index contributed by atoms with van der Waals surface area (Å²) in [5, 5.41) is 0. The zero-order valence-electron chi connectivity index (χ0n) is 11.5. The van der Waals surface area contributed by atoms with Gasteiger partial charge in [0.15, 0.2) is 5.78 Å². The maximum absolute atomic E-state index is 13.5. The Morgan fingerprint density at radius 2 is 1.70 bits per heavy atom. The van der Waals surface area contributed by atoms with Gasteiger partial charge in [-0.05, 0) is 23.1 Å². The highest BCUT2D eigenvalue weighted by molar-refractivity contribution is 5.97. The fraction of sp³-hybridized carbons (Fsp3) is 0.235. The lowest BCUT2D eigenvalue weighted by Gasteiger charge is -2.07. The summed E-state index contributed by atoms with van der Waals surface area (Å²) in [6.07, 6.45) is -0.0624. The molecule has 2 aromatic rings. The number of halogens is 2. The first-order valence-electron chi connectivity index (χ1n) is 6.54. The van der Waals surface area contributed by atoms with Crippen LogP contribution in [0.25, 0.3) is 0 Å². The summed E-state index contributed by atoms with van der Waals surface area (Å²) in [5.41, 5.74) is 1.90. The smallest absolute Gasteiger partial charge is 0.167 e. The van der Waals surface area contributed by atoms with Gasteiger partial charge in [0.2, 0.25) is 0 Å². The van der Waals surface area contributed by atoms with Crippen molar-refractivity contribution in [2.45, 2.75) is 26.2 Å². The van der Waals surface area contributed by atoms with E-state index in [0.717, 1.165) is 17.7 Å². The topological polar surface area (TPSA) is 17.1 Å². The van der Waals surface area contributed by atoms with Gasteiger partial charge < -0.3 is 0 Å². The van der Waals surface area contributed by atoms with Crippen molar-refractivity contribution in [3.8, 4) is 0 Å². The molecule has 0 saturated heterocycles. The molecular formula is C17H16F2O. The molecule has 1 nitrogen and oxygen atoms in total. The van der Waals surface area contributed by atoms with Crippen LogP contribution in [-0.4, -0.2) is 5.78 Å². The molecule has 0 aliphatic heterocycles. The summed E-state index contributed by atoms with van der Waals surface area (Å²) in [5.74, 6) is -1.10. The summed E-state index contributed by atoms with van der Waals surface area (Å²) in [7, 11) is 0. The Bertz CT molecular complexity index is 615. The van der Waals surface area contributed by atoms with Crippen LogP contribution >= 0.6 is 0 Å². The predicted molar refractivity (Wildman–Crippen MR) is 74.9 cm³/mol. The van der Waals surface area contributed by atoms with Crippen LogP contribution in [0.3, 0.4) is 0 Å². The van der Waals surface area contributed by atoms with Gasteiger partial charge in [0.05, 0.1) is 0 Å². The summed E-state index contributed by atoms with van der Waals surface area (Å²) in [6, 6.07) is 10.6. The average molecular weight is 274 g/mol. The van der Waals surface area contributed by atoms with Crippen LogP contribution in [-0.2, 0) is 6.42 Å². The van der Waals surface area contributed by atoms with Gasteiger partial charge in [0.25, 0.3) is 0 Å². The van der Waals surface area contributed by atoms with Crippen LogP contribution in [0.1, 0.15) is 41.3 Å². The lowest BCUT2D eigenvalue weighted by atomic mass is 9.98. The molecule has 2 aromatic carbocycles. The number of hydrogen-bond acceptors (Lipinski definition) is 1. The van der Waals surface area contributed by atoms with E-state index in [9.17, 15) is 13.6 Å². The van der Waals surface area contributed by atoms with Crippen molar-refractivity contribution < 1.29 is 13.6 Å². The normalized spacial score (nSPS) is 10.8. The third-order valence-electron chi connectivity index (χ3n) is 3.27. The van der Waals surface area contributed by atoms with E-state index < -0.39 is 11.6 Å². The van der Waals surface area contributed by atoms with Crippen LogP contribution in [0.15, 0.2) is 42.5 Å². The van der Waals surface area contributed by atoms with Gasteiger partial charge in [0, 0.05) is 18.1 Å². The molecule has 3 heteroatoms. The summed E-state index contributed by atoms with van der Waals surface area (Å²) >= 11 is 0. The highest BCUT2D eigenvalue weighted by Gasteiger charge is 2.11. The standard InChI is InChI=1S/C17H16F2O/c1-11(2)12-3-5-13(6-4-12)17(20)9-14-7-8-15(18)10-16(14)19/h3-8,10-11H,9H2,1-2H3. The first kappa shape index (κ1) is 14.4. The number of Topliss-reactive ketones (excluding diaryl/α,β-unsaturated/α-hetero) is 1. The van der Waals surface area contributed by atoms with E-state index in [2.05, 4.69) is 13.8 Å². The largest absolute Gasteiger partial charge is 0.294 e. The summed E-state index contributed by atoms with van der Waals surface area (Å²) < 4.78 is 26.3. The van der Waals surface area contributed by atoms with Crippen molar-refractivity contribution in [3.63, 3.8) is 0 Å². The number of hydrogen-bond donors (Lipinski definition) is 0. The second-order valence-corrected chi connectivity index (χ2v) is 5.11. The van der Waals surface area contributed by atoms with Crippen LogP contribution in [0.4, 0.5) is 8.78 Å². The van der Waals surface area contributed by atoms with Gasteiger partial charge in [-0.3, -0.25) is 4.79 Å². The lowest BCUT2D eigenvalue weighted by molar-refractivity contribution is 0.0991. The van der Waals surface area contributed by atoms with Crippen LogP contribution in [0, 0.1) is 11.6 Å². The molecule has 0 amide bonds. The van der Waals surface area contributed by atoms with E-state index in [0.29, 0.717) is 11.5 Å². The molecule has 0 aliphatic rings. The minimum atomic E-state index is -0.683. The zero-order chi connectivity index (χ0) is 14.7. The van der Waals surface area contributed by atoms with E-state index >= 15 is 0 Å². The van der Waals surface area contributed by atoms with E-state index in [4.69, 9.17) is 0 Å². The summed E-state index contributed by atoms with van der Waals surface area (Å²) in [6.45, 7) is 4.15. The Labute approximate surface area is 117 Å². The molecule has 2 rings (SSSR count). The first-order valence-corrected chi connectivity index (χ1v) is 6.54. The molecule has 0 spiro atoms. The molecule has 0 heterocycles. The van der Waals surface area contributed by atoms with E-state index in [1.807, 2.05) is 12.1 Å². The quantitative estimate of drug-likeness (QED) is 0.749. The maximum atomic E-state index is 13.5. The minimum Gasteiger partial charge on any atom is -0.294 e. The van der Waals surface area contributed by atoms with Gasteiger partial charge in [-0.25, -0.2) is 8.78 Å². The third-order valence-corrected chi connectivity index (χ3v) is 3.27. The molecule has 0 aliphatic carbocycles. The second kappa shape index (κ2) is 5.95. The van der Waals surface area contributed by atoms with E-state index in [1.54, 1.807) is 12.1 Å². The molecule has 20 heavy (non-hydrogen) atoms. The molecule has 0 radical (unpaired) electrons. The number of carbonyl (C=O) groups is 1. The molecule has 0 bridgehead atoms. The predicted octanol–water partition coefficient (Wildman–Crippen LogP) is 4.51. The average Bonchev–Trinajstić information content (AvgIpc) is 2.42. The van der Waals surface area contributed by atoms with Crippen LogP contribution in [0.2, 0.25) is 0 Å². The monoisotopic (exact) mass is 274 g/mol. The Hall–Kier alpha value is -2.03. The number of benzene rings is 2. The third kappa shape index (κ3) is 3.29. The van der Waals surface area contributed by atoms with Crippen LogP contribution < -0.4 is 0 Å². The highest BCUT2D eigenvalue weighted by Crippen LogP contribution is 2.17. The fourth-order valence-corrected chi connectivity index (χ4v) is 1.99.